The number of amides is 2. The number of carbonyl (C=O) groups is 2. The number of hydrogen-bond acceptors (Lipinski definition) is 4. The van der Waals surface area contributed by atoms with Crippen molar-refractivity contribution in [2.45, 2.75) is 31.7 Å². The Labute approximate surface area is 153 Å². The van der Waals surface area contributed by atoms with E-state index in [1.165, 1.54) is 0 Å². The molecule has 0 bridgehead atoms. The molecule has 6 nitrogen and oxygen atoms in total. The maximum Gasteiger partial charge on any atom is 0.256 e. The summed E-state index contributed by atoms with van der Waals surface area (Å²) in [5, 5.41) is 3.21. The summed E-state index contributed by atoms with van der Waals surface area (Å²) in [5.41, 5.74) is 0.481. The molecule has 0 spiro atoms. The standard InChI is InChI=1S/C18H25ClN4O2/c1-20-17(24)13-3-8-22(9-4-13)14-5-10-23(11-6-14)18(25)15-12-21-7-2-16(15)19/h2,7,12-14H,3-6,8-11H2,1H3,(H,20,24). The number of hydrogen-bond donors (Lipinski definition) is 1. The first-order valence-electron chi connectivity index (χ1n) is 8.94. The summed E-state index contributed by atoms with van der Waals surface area (Å²) in [6, 6.07) is 2.15. The Bertz CT molecular complexity index is 623. The van der Waals surface area contributed by atoms with E-state index in [0.717, 1.165) is 51.9 Å². The molecular weight excluding hydrogens is 340 g/mol. The quantitative estimate of drug-likeness (QED) is 0.888. The van der Waals surface area contributed by atoms with Gasteiger partial charge in [0.25, 0.3) is 5.91 Å². The predicted octanol–water partition coefficient (Wildman–Crippen LogP) is 1.80. The van der Waals surface area contributed by atoms with Gasteiger partial charge in [-0.25, -0.2) is 0 Å². The lowest BCUT2D eigenvalue weighted by molar-refractivity contribution is -0.126. The van der Waals surface area contributed by atoms with Gasteiger partial charge in [0.1, 0.15) is 0 Å². The monoisotopic (exact) mass is 364 g/mol. The highest BCUT2D eigenvalue weighted by Crippen LogP contribution is 2.25. The van der Waals surface area contributed by atoms with Crippen molar-refractivity contribution >= 4 is 23.4 Å². The van der Waals surface area contributed by atoms with E-state index in [0.29, 0.717) is 16.6 Å². The molecule has 0 saturated carbocycles. The van der Waals surface area contributed by atoms with Gasteiger partial charge in [-0.2, -0.15) is 0 Å². The summed E-state index contributed by atoms with van der Waals surface area (Å²) >= 11 is 6.11. The van der Waals surface area contributed by atoms with Gasteiger partial charge in [-0.3, -0.25) is 14.6 Å². The number of carbonyl (C=O) groups excluding carboxylic acids is 2. The molecule has 7 heteroatoms. The van der Waals surface area contributed by atoms with Crippen LogP contribution in [0.5, 0.6) is 0 Å². The summed E-state index contributed by atoms with van der Waals surface area (Å²) < 4.78 is 0. The fraction of sp³-hybridized carbons (Fsp3) is 0.611. The van der Waals surface area contributed by atoms with Gasteiger partial charge in [0, 0.05) is 44.5 Å². The van der Waals surface area contributed by atoms with Gasteiger partial charge in [0.15, 0.2) is 0 Å². The molecule has 2 saturated heterocycles. The van der Waals surface area contributed by atoms with E-state index in [9.17, 15) is 9.59 Å². The van der Waals surface area contributed by atoms with E-state index < -0.39 is 0 Å². The van der Waals surface area contributed by atoms with Gasteiger partial charge >= 0.3 is 0 Å². The minimum Gasteiger partial charge on any atom is -0.359 e. The van der Waals surface area contributed by atoms with Gasteiger partial charge in [0.2, 0.25) is 5.91 Å². The second-order valence-electron chi connectivity index (χ2n) is 6.80. The normalized spacial score (nSPS) is 20.5. The van der Waals surface area contributed by atoms with Crippen LogP contribution < -0.4 is 5.32 Å². The predicted molar refractivity (Wildman–Crippen MR) is 96.5 cm³/mol. The number of nitrogens with zero attached hydrogens (tertiary/aromatic N) is 3. The van der Waals surface area contributed by atoms with Crippen molar-refractivity contribution in [2.24, 2.45) is 5.92 Å². The molecule has 2 aliphatic rings. The van der Waals surface area contributed by atoms with Crippen LogP contribution in [-0.2, 0) is 4.79 Å². The minimum atomic E-state index is -0.0325. The summed E-state index contributed by atoms with van der Waals surface area (Å²) in [6.45, 7) is 3.41. The molecule has 1 N–H and O–H groups in total. The fourth-order valence-corrected chi connectivity index (χ4v) is 4.06. The molecule has 1 aromatic heterocycles. The fourth-order valence-electron chi connectivity index (χ4n) is 3.87. The molecule has 3 rings (SSSR count). The van der Waals surface area contributed by atoms with Crippen molar-refractivity contribution in [2.75, 3.05) is 33.2 Å². The van der Waals surface area contributed by atoms with Gasteiger partial charge in [-0.05, 0) is 44.8 Å². The number of piperidine rings is 2. The smallest absolute Gasteiger partial charge is 0.256 e. The molecule has 0 atom stereocenters. The lowest BCUT2D eigenvalue weighted by Crippen LogP contribution is -2.50. The van der Waals surface area contributed by atoms with Crippen LogP contribution >= 0.6 is 11.6 Å². The number of likely N-dealkylation sites (tertiary alicyclic amines) is 2. The lowest BCUT2D eigenvalue weighted by Gasteiger charge is -2.41. The lowest BCUT2D eigenvalue weighted by atomic mass is 9.93. The van der Waals surface area contributed by atoms with Crippen LogP contribution in [0, 0.1) is 5.92 Å². The second-order valence-corrected chi connectivity index (χ2v) is 7.21. The van der Waals surface area contributed by atoms with Crippen LogP contribution in [0.4, 0.5) is 0 Å². The maximum absolute atomic E-state index is 12.6. The average Bonchev–Trinajstić information content (AvgIpc) is 2.67. The summed E-state index contributed by atoms with van der Waals surface area (Å²) in [6.07, 6.45) is 6.91. The number of pyridine rings is 1. The molecule has 136 valence electrons. The largest absolute Gasteiger partial charge is 0.359 e. The zero-order valence-corrected chi connectivity index (χ0v) is 15.3. The third kappa shape index (κ3) is 4.12. The third-order valence-corrected chi connectivity index (χ3v) is 5.74. The van der Waals surface area contributed by atoms with Crippen molar-refractivity contribution in [3.05, 3.63) is 29.0 Å². The highest BCUT2D eigenvalue weighted by Gasteiger charge is 2.31. The van der Waals surface area contributed by atoms with Crippen LogP contribution in [0.1, 0.15) is 36.0 Å². The Balaban J connectivity index is 1.50. The number of rotatable bonds is 3. The SMILES string of the molecule is CNC(=O)C1CCN(C2CCN(C(=O)c3cnccc3Cl)CC2)CC1. The molecule has 3 heterocycles. The zero-order chi connectivity index (χ0) is 17.8. The van der Waals surface area contributed by atoms with E-state index in [1.807, 2.05) is 4.90 Å². The van der Waals surface area contributed by atoms with Crippen molar-refractivity contribution in [3.63, 3.8) is 0 Å². The van der Waals surface area contributed by atoms with Gasteiger partial charge in [0.05, 0.1) is 10.6 Å². The van der Waals surface area contributed by atoms with E-state index >= 15 is 0 Å². The minimum absolute atomic E-state index is 0.0325. The first-order valence-corrected chi connectivity index (χ1v) is 9.32. The highest BCUT2D eigenvalue weighted by molar-refractivity contribution is 6.33. The first kappa shape index (κ1) is 18.1. The van der Waals surface area contributed by atoms with Crippen LogP contribution in [-0.4, -0.2) is 65.9 Å². The van der Waals surface area contributed by atoms with E-state index in [2.05, 4.69) is 15.2 Å². The van der Waals surface area contributed by atoms with E-state index in [-0.39, 0.29) is 17.7 Å². The Kier molecular flexibility index (Phi) is 5.91. The average molecular weight is 365 g/mol. The summed E-state index contributed by atoms with van der Waals surface area (Å²) in [7, 11) is 1.70. The summed E-state index contributed by atoms with van der Waals surface area (Å²) in [4.78, 5) is 32.7. The van der Waals surface area contributed by atoms with Crippen molar-refractivity contribution in [3.8, 4) is 0 Å². The first-order chi connectivity index (χ1) is 12.1. The molecular formula is C18H25ClN4O2. The molecule has 0 aliphatic carbocycles. The zero-order valence-electron chi connectivity index (χ0n) is 14.6. The van der Waals surface area contributed by atoms with Gasteiger partial charge in [-0.15, -0.1) is 0 Å². The van der Waals surface area contributed by atoms with E-state index in [4.69, 9.17) is 11.6 Å². The molecule has 0 radical (unpaired) electrons. The topological polar surface area (TPSA) is 65.5 Å². The molecule has 25 heavy (non-hydrogen) atoms. The summed E-state index contributed by atoms with van der Waals surface area (Å²) in [5.74, 6) is 0.277. The second kappa shape index (κ2) is 8.15. The third-order valence-electron chi connectivity index (χ3n) is 5.41. The van der Waals surface area contributed by atoms with Crippen LogP contribution in [0.3, 0.4) is 0 Å². The van der Waals surface area contributed by atoms with Crippen LogP contribution in [0.25, 0.3) is 0 Å². The number of aromatic nitrogens is 1. The highest BCUT2D eigenvalue weighted by atomic mass is 35.5. The molecule has 0 unspecified atom stereocenters. The van der Waals surface area contributed by atoms with Crippen LogP contribution in [0.15, 0.2) is 18.5 Å². The Morgan fingerprint density at radius 2 is 1.84 bits per heavy atom. The molecule has 2 amide bonds. The van der Waals surface area contributed by atoms with E-state index in [1.54, 1.807) is 25.5 Å². The Morgan fingerprint density at radius 1 is 1.16 bits per heavy atom. The number of halogens is 1. The molecule has 2 aliphatic heterocycles. The Hall–Kier alpha value is -1.66. The molecule has 2 fully saturated rings. The molecule has 1 aromatic rings. The van der Waals surface area contributed by atoms with Crippen molar-refractivity contribution < 1.29 is 9.59 Å². The van der Waals surface area contributed by atoms with Gasteiger partial charge < -0.3 is 15.1 Å². The molecule has 0 aromatic carbocycles. The maximum atomic E-state index is 12.6. The Morgan fingerprint density at radius 3 is 2.44 bits per heavy atom. The number of nitrogens with one attached hydrogen (secondary N) is 1. The van der Waals surface area contributed by atoms with Crippen molar-refractivity contribution in [1.82, 2.24) is 20.1 Å². The van der Waals surface area contributed by atoms with Gasteiger partial charge in [-0.1, -0.05) is 11.6 Å². The van der Waals surface area contributed by atoms with Crippen molar-refractivity contribution in [1.29, 1.82) is 0 Å². The van der Waals surface area contributed by atoms with Crippen LogP contribution in [0.2, 0.25) is 5.02 Å².